The molecule has 2 heterocycles. The highest BCUT2D eigenvalue weighted by atomic mass is 32.2. The number of carbonyl (C=O) groups excluding carboxylic acids is 3. The van der Waals surface area contributed by atoms with Crippen molar-refractivity contribution in [3.05, 3.63) is 70.4 Å². The predicted molar refractivity (Wildman–Crippen MR) is 95.6 cm³/mol. The molecule has 1 N–H and O–H groups in total. The van der Waals surface area contributed by atoms with E-state index in [0.29, 0.717) is 5.56 Å². The van der Waals surface area contributed by atoms with Crippen LogP contribution in [-0.2, 0) is 4.79 Å². The lowest BCUT2D eigenvalue weighted by Crippen LogP contribution is -2.37. The van der Waals surface area contributed by atoms with Gasteiger partial charge in [0.15, 0.2) is 0 Å². The zero-order valence-electron chi connectivity index (χ0n) is 13.8. The van der Waals surface area contributed by atoms with Gasteiger partial charge in [0.2, 0.25) is 5.95 Å². The van der Waals surface area contributed by atoms with E-state index in [1.165, 1.54) is 42.6 Å². The number of nitrogens with one attached hydrogen (secondary N) is 1. The van der Waals surface area contributed by atoms with E-state index < -0.39 is 28.8 Å². The molecule has 27 heavy (non-hydrogen) atoms. The minimum Gasteiger partial charge on any atom is -0.350 e. The number of hydrogen-bond donors (Lipinski definition) is 1. The summed E-state index contributed by atoms with van der Waals surface area (Å²) in [5.74, 6) is -2.20. The molecule has 3 rings (SSSR count). The summed E-state index contributed by atoms with van der Waals surface area (Å²) in [5, 5.41) is 2.05. The van der Waals surface area contributed by atoms with Gasteiger partial charge >= 0.3 is 0 Å². The SMILES string of the molecule is O=C(NCCN1C(=O)S/C(=C/c2ccc(F)cc2)C1=O)c1ccnc(F)c1. The third kappa shape index (κ3) is 4.56. The second kappa shape index (κ2) is 8.09. The molecule has 0 radical (unpaired) electrons. The van der Waals surface area contributed by atoms with Crippen LogP contribution in [0.1, 0.15) is 15.9 Å². The first kappa shape index (κ1) is 18.7. The number of nitrogens with zero attached hydrogens (tertiary/aromatic N) is 2. The molecule has 1 fully saturated rings. The molecule has 0 bridgehead atoms. The van der Waals surface area contributed by atoms with Crippen molar-refractivity contribution in [3.63, 3.8) is 0 Å². The molecule has 6 nitrogen and oxygen atoms in total. The first-order chi connectivity index (χ1) is 12.9. The van der Waals surface area contributed by atoms with E-state index >= 15 is 0 Å². The van der Waals surface area contributed by atoms with E-state index in [1.807, 2.05) is 0 Å². The van der Waals surface area contributed by atoms with Gasteiger partial charge in [0.05, 0.1) is 4.91 Å². The normalized spacial score (nSPS) is 15.5. The lowest BCUT2D eigenvalue weighted by molar-refractivity contribution is -0.122. The Hall–Kier alpha value is -3.07. The Morgan fingerprint density at radius 3 is 2.63 bits per heavy atom. The highest BCUT2D eigenvalue weighted by molar-refractivity contribution is 8.18. The van der Waals surface area contributed by atoms with Crippen molar-refractivity contribution >= 4 is 34.9 Å². The highest BCUT2D eigenvalue weighted by Gasteiger charge is 2.34. The minimum absolute atomic E-state index is 0.0185. The second-order valence-electron chi connectivity index (χ2n) is 5.51. The van der Waals surface area contributed by atoms with E-state index in [2.05, 4.69) is 10.3 Å². The van der Waals surface area contributed by atoms with Gasteiger partial charge in [-0.15, -0.1) is 0 Å². The summed E-state index contributed by atoms with van der Waals surface area (Å²) in [6.07, 6.45) is 2.67. The maximum Gasteiger partial charge on any atom is 0.293 e. The Kier molecular flexibility index (Phi) is 5.60. The molecule has 3 amide bonds. The van der Waals surface area contributed by atoms with E-state index in [0.717, 1.165) is 22.7 Å². The summed E-state index contributed by atoms with van der Waals surface area (Å²) < 4.78 is 26.0. The third-order valence-corrected chi connectivity index (χ3v) is 4.56. The third-order valence-electron chi connectivity index (χ3n) is 3.65. The van der Waals surface area contributed by atoms with Crippen LogP contribution in [0.5, 0.6) is 0 Å². The monoisotopic (exact) mass is 389 g/mol. The lowest BCUT2D eigenvalue weighted by atomic mass is 10.2. The fraction of sp³-hybridized carbons (Fsp3) is 0.111. The number of rotatable bonds is 5. The van der Waals surface area contributed by atoms with Crippen molar-refractivity contribution < 1.29 is 23.2 Å². The lowest BCUT2D eigenvalue weighted by Gasteiger charge is -2.13. The fourth-order valence-corrected chi connectivity index (χ4v) is 3.20. The Bertz CT molecular complexity index is 932. The summed E-state index contributed by atoms with van der Waals surface area (Å²) in [5.41, 5.74) is 0.683. The molecule has 1 aromatic heterocycles. The van der Waals surface area contributed by atoms with Crippen LogP contribution in [0.15, 0.2) is 47.5 Å². The molecule has 9 heteroatoms. The van der Waals surface area contributed by atoms with Gasteiger partial charge in [-0.1, -0.05) is 12.1 Å². The minimum atomic E-state index is -0.778. The highest BCUT2D eigenvalue weighted by Crippen LogP contribution is 2.31. The number of amides is 3. The van der Waals surface area contributed by atoms with Crippen LogP contribution in [0.25, 0.3) is 6.08 Å². The fourth-order valence-electron chi connectivity index (χ4n) is 2.33. The van der Waals surface area contributed by atoms with Crippen molar-refractivity contribution in [3.8, 4) is 0 Å². The summed E-state index contributed by atoms with van der Waals surface area (Å²) in [4.78, 5) is 40.9. The van der Waals surface area contributed by atoms with E-state index in [9.17, 15) is 23.2 Å². The smallest absolute Gasteiger partial charge is 0.293 e. The molecule has 0 spiro atoms. The number of imide groups is 1. The van der Waals surface area contributed by atoms with Gasteiger partial charge in [-0.05, 0) is 41.6 Å². The van der Waals surface area contributed by atoms with Crippen molar-refractivity contribution in [1.29, 1.82) is 0 Å². The van der Waals surface area contributed by atoms with Crippen LogP contribution < -0.4 is 5.32 Å². The predicted octanol–water partition coefficient (Wildman–Crippen LogP) is 2.83. The molecule has 0 aliphatic carbocycles. The maximum atomic E-state index is 13.0. The molecule has 0 saturated carbocycles. The first-order valence-corrected chi connectivity index (χ1v) is 8.66. The maximum absolute atomic E-state index is 13.0. The summed E-state index contributed by atoms with van der Waals surface area (Å²) in [6.45, 7) is -0.00459. The van der Waals surface area contributed by atoms with Crippen LogP contribution in [-0.4, -0.2) is 40.0 Å². The van der Waals surface area contributed by atoms with Gasteiger partial charge in [0.25, 0.3) is 17.1 Å². The molecule has 1 aliphatic heterocycles. The molecule has 0 unspecified atom stereocenters. The molecule has 2 aromatic rings. The molecule has 138 valence electrons. The average Bonchev–Trinajstić information content (AvgIpc) is 2.91. The van der Waals surface area contributed by atoms with Gasteiger partial charge < -0.3 is 5.32 Å². The molecule has 1 aliphatic rings. The van der Waals surface area contributed by atoms with Crippen LogP contribution in [0.4, 0.5) is 13.6 Å². The van der Waals surface area contributed by atoms with Gasteiger partial charge in [0.1, 0.15) is 5.82 Å². The number of benzene rings is 1. The Morgan fingerprint density at radius 2 is 1.93 bits per heavy atom. The second-order valence-corrected chi connectivity index (χ2v) is 6.50. The number of thioether (sulfide) groups is 1. The number of pyridine rings is 1. The molecular formula is C18H13F2N3O3S. The average molecular weight is 389 g/mol. The standard InChI is InChI=1S/C18H13F2N3O3S/c19-13-3-1-11(2-4-13)9-14-17(25)23(18(26)27-14)8-7-22-16(24)12-5-6-21-15(20)10-12/h1-6,9-10H,7-8H2,(H,22,24)/b14-9+. The van der Waals surface area contributed by atoms with E-state index in [1.54, 1.807) is 0 Å². The largest absolute Gasteiger partial charge is 0.350 e. The molecule has 0 atom stereocenters. The number of halogens is 2. The van der Waals surface area contributed by atoms with Gasteiger partial charge in [-0.25, -0.2) is 9.37 Å². The van der Waals surface area contributed by atoms with E-state index in [4.69, 9.17) is 0 Å². The van der Waals surface area contributed by atoms with Crippen LogP contribution in [0.3, 0.4) is 0 Å². The van der Waals surface area contributed by atoms with Crippen molar-refractivity contribution in [2.75, 3.05) is 13.1 Å². The quantitative estimate of drug-likeness (QED) is 0.628. The van der Waals surface area contributed by atoms with Crippen LogP contribution in [0, 0.1) is 11.8 Å². The first-order valence-electron chi connectivity index (χ1n) is 7.85. The van der Waals surface area contributed by atoms with E-state index in [-0.39, 0.29) is 23.6 Å². The number of aromatic nitrogens is 1. The topological polar surface area (TPSA) is 79.4 Å². The van der Waals surface area contributed by atoms with Crippen molar-refractivity contribution in [1.82, 2.24) is 15.2 Å². The van der Waals surface area contributed by atoms with Gasteiger partial charge in [0, 0.05) is 30.9 Å². The van der Waals surface area contributed by atoms with Crippen molar-refractivity contribution in [2.24, 2.45) is 0 Å². The zero-order chi connectivity index (χ0) is 19.4. The number of hydrogen-bond acceptors (Lipinski definition) is 5. The van der Waals surface area contributed by atoms with Gasteiger partial charge in [-0.3, -0.25) is 19.3 Å². The van der Waals surface area contributed by atoms with Gasteiger partial charge in [-0.2, -0.15) is 4.39 Å². The Labute approximate surface area is 157 Å². The number of carbonyl (C=O) groups is 3. The molecule has 1 aromatic carbocycles. The Balaban J connectivity index is 1.59. The van der Waals surface area contributed by atoms with Crippen molar-refractivity contribution in [2.45, 2.75) is 0 Å². The molecule has 1 saturated heterocycles. The summed E-state index contributed by atoms with van der Waals surface area (Å²) >= 11 is 0.772. The Morgan fingerprint density at radius 1 is 1.19 bits per heavy atom. The molecular weight excluding hydrogens is 376 g/mol. The summed E-state index contributed by atoms with van der Waals surface area (Å²) in [7, 11) is 0. The van der Waals surface area contributed by atoms with Crippen LogP contribution in [0.2, 0.25) is 0 Å². The zero-order valence-corrected chi connectivity index (χ0v) is 14.6. The van der Waals surface area contributed by atoms with Crippen LogP contribution >= 0.6 is 11.8 Å². The summed E-state index contributed by atoms with van der Waals surface area (Å²) in [6, 6.07) is 7.85.